The number of hydrogen-bond acceptors (Lipinski definition) is 2. The Balaban J connectivity index is 0. The fourth-order valence-corrected chi connectivity index (χ4v) is 3.01. The van der Waals surface area contributed by atoms with Crippen molar-refractivity contribution in [2.45, 2.75) is 103 Å². The Kier molecular flexibility index (Phi) is 23.5. The lowest BCUT2D eigenvalue weighted by Crippen LogP contribution is -2.26. The van der Waals surface area contributed by atoms with Crippen molar-refractivity contribution in [1.82, 2.24) is 10.2 Å². The Labute approximate surface area is 164 Å². The van der Waals surface area contributed by atoms with Gasteiger partial charge >= 0.3 is 0 Å². The fourth-order valence-electron chi connectivity index (χ4n) is 3.01. The first kappa shape index (κ1) is 26.9. The van der Waals surface area contributed by atoms with Crippen LogP contribution in [-0.2, 0) is 4.79 Å². The molecule has 0 aromatic rings. The summed E-state index contributed by atoms with van der Waals surface area (Å²) < 4.78 is 0. The standard InChI is InChI=1S/C21H44N2O.ClH/c1-4-5-6-7-8-9-10-11-12-13-14-15-16-18-21(24)22-19-17-20-23(2)3;/h4-20H2,1-3H3,(H,22,24);1H. The van der Waals surface area contributed by atoms with E-state index < -0.39 is 0 Å². The van der Waals surface area contributed by atoms with Crippen molar-refractivity contribution in [3.63, 3.8) is 0 Å². The molecule has 0 saturated heterocycles. The molecule has 0 spiro atoms. The van der Waals surface area contributed by atoms with E-state index >= 15 is 0 Å². The van der Waals surface area contributed by atoms with Gasteiger partial charge in [0.2, 0.25) is 5.91 Å². The van der Waals surface area contributed by atoms with Crippen LogP contribution in [0.25, 0.3) is 0 Å². The Hall–Kier alpha value is -0.280. The van der Waals surface area contributed by atoms with E-state index in [9.17, 15) is 4.79 Å². The highest BCUT2D eigenvalue weighted by molar-refractivity contribution is 5.85. The third-order valence-electron chi connectivity index (χ3n) is 4.61. The minimum absolute atomic E-state index is 0. The number of nitrogens with one attached hydrogen (secondary N) is 1. The zero-order valence-electron chi connectivity index (χ0n) is 17.3. The summed E-state index contributed by atoms with van der Waals surface area (Å²) >= 11 is 0. The Morgan fingerprint density at radius 3 is 1.60 bits per heavy atom. The van der Waals surface area contributed by atoms with Crippen LogP contribution in [0.3, 0.4) is 0 Å². The van der Waals surface area contributed by atoms with E-state index in [1.54, 1.807) is 0 Å². The maximum Gasteiger partial charge on any atom is 0.219 e. The van der Waals surface area contributed by atoms with Gasteiger partial charge in [-0.15, -0.1) is 12.4 Å². The number of halogens is 1. The molecule has 0 radical (unpaired) electrons. The monoisotopic (exact) mass is 376 g/mol. The Morgan fingerprint density at radius 2 is 1.16 bits per heavy atom. The van der Waals surface area contributed by atoms with E-state index in [4.69, 9.17) is 0 Å². The van der Waals surface area contributed by atoms with Crippen LogP contribution in [0.4, 0.5) is 0 Å². The lowest BCUT2D eigenvalue weighted by atomic mass is 10.0. The number of carbonyl (C=O) groups is 1. The molecular weight excluding hydrogens is 332 g/mol. The molecule has 1 N–H and O–H groups in total. The Bertz CT molecular complexity index is 273. The average molecular weight is 377 g/mol. The highest BCUT2D eigenvalue weighted by Crippen LogP contribution is 2.12. The predicted octanol–water partition coefficient (Wildman–Crippen LogP) is 5.96. The normalized spacial score (nSPS) is 10.7. The molecule has 0 atom stereocenters. The lowest BCUT2D eigenvalue weighted by molar-refractivity contribution is -0.121. The topological polar surface area (TPSA) is 32.3 Å². The third kappa shape index (κ3) is 23.7. The number of unbranched alkanes of at least 4 members (excludes halogenated alkanes) is 12. The van der Waals surface area contributed by atoms with Crippen molar-refractivity contribution in [1.29, 1.82) is 0 Å². The second kappa shape index (κ2) is 21.8. The van der Waals surface area contributed by atoms with Crippen LogP contribution in [0.2, 0.25) is 0 Å². The Morgan fingerprint density at radius 1 is 0.720 bits per heavy atom. The van der Waals surface area contributed by atoms with Gasteiger partial charge in [0.15, 0.2) is 0 Å². The maximum atomic E-state index is 11.7. The van der Waals surface area contributed by atoms with Gasteiger partial charge in [0.05, 0.1) is 0 Å². The van der Waals surface area contributed by atoms with Gasteiger partial charge in [-0.05, 0) is 33.5 Å². The van der Waals surface area contributed by atoms with E-state index in [-0.39, 0.29) is 18.3 Å². The zero-order valence-corrected chi connectivity index (χ0v) is 18.1. The van der Waals surface area contributed by atoms with Gasteiger partial charge in [-0.1, -0.05) is 84.0 Å². The number of amides is 1. The van der Waals surface area contributed by atoms with E-state index in [0.29, 0.717) is 6.42 Å². The number of nitrogens with zero attached hydrogens (tertiary/aromatic N) is 1. The van der Waals surface area contributed by atoms with Crippen molar-refractivity contribution >= 4 is 18.3 Å². The first-order valence-corrected chi connectivity index (χ1v) is 10.6. The molecule has 0 fully saturated rings. The number of carbonyl (C=O) groups excluding carboxylic acids is 1. The van der Waals surface area contributed by atoms with Crippen LogP contribution < -0.4 is 5.32 Å². The SMILES string of the molecule is CCCCCCCCCCCCCCCC(=O)NCCCN(C)C.Cl. The molecule has 1 amide bonds. The molecule has 0 aromatic carbocycles. The molecule has 25 heavy (non-hydrogen) atoms. The molecule has 3 nitrogen and oxygen atoms in total. The molecule has 0 bridgehead atoms. The summed E-state index contributed by atoms with van der Waals surface area (Å²) in [7, 11) is 4.13. The van der Waals surface area contributed by atoms with Crippen LogP contribution in [0.5, 0.6) is 0 Å². The molecule has 0 saturated carbocycles. The second-order valence-electron chi connectivity index (χ2n) is 7.50. The van der Waals surface area contributed by atoms with E-state index in [1.807, 2.05) is 0 Å². The molecule has 152 valence electrons. The molecule has 0 heterocycles. The molecule has 0 aromatic heterocycles. The minimum Gasteiger partial charge on any atom is -0.356 e. The van der Waals surface area contributed by atoms with Gasteiger partial charge in [0.1, 0.15) is 0 Å². The highest BCUT2D eigenvalue weighted by atomic mass is 35.5. The summed E-state index contributed by atoms with van der Waals surface area (Å²) in [5.41, 5.74) is 0. The van der Waals surface area contributed by atoms with Gasteiger partial charge in [-0.25, -0.2) is 0 Å². The molecule has 0 aliphatic carbocycles. The van der Waals surface area contributed by atoms with Gasteiger partial charge in [-0.2, -0.15) is 0 Å². The molecule has 0 aliphatic rings. The van der Waals surface area contributed by atoms with Crippen molar-refractivity contribution < 1.29 is 4.79 Å². The van der Waals surface area contributed by atoms with Crippen LogP contribution in [0, 0.1) is 0 Å². The zero-order chi connectivity index (χ0) is 17.9. The van der Waals surface area contributed by atoms with Crippen molar-refractivity contribution in [3.05, 3.63) is 0 Å². The predicted molar refractivity (Wildman–Crippen MR) is 114 cm³/mol. The highest BCUT2D eigenvalue weighted by Gasteiger charge is 2.00. The second-order valence-corrected chi connectivity index (χ2v) is 7.50. The van der Waals surface area contributed by atoms with Gasteiger partial charge in [0, 0.05) is 13.0 Å². The summed E-state index contributed by atoms with van der Waals surface area (Å²) in [6.07, 6.45) is 19.3. The van der Waals surface area contributed by atoms with E-state index in [1.165, 1.54) is 77.0 Å². The van der Waals surface area contributed by atoms with Crippen LogP contribution in [0.1, 0.15) is 103 Å². The summed E-state index contributed by atoms with van der Waals surface area (Å²) in [6, 6.07) is 0. The van der Waals surface area contributed by atoms with Gasteiger partial charge in [0.25, 0.3) is 0 Å². The maximum absolute atomic E-state index is 11.7. The first-order chi connectivity index (χ1) is 11.7. The molecule has 4 heteroatoms. The van der Waals surface area contributed by atoms with Crippen LogP contribution >= 0.6 is 12.4 Å². The largest absolute Gasteiger partial charge is 0.356 e. The van der Waals surface area contributed by atoms with Crippen molar-refractivity contribution in [3.8, 4) is 0 Å². The van der Waals surface area contributed by atoms with Gasteiger partial charge < -0.3 is 10.2 Å². The van der Waals surface area contributed by atoms with E-state index in [0.717, 1.165) is 25.9 Å². The summed E-state index contributed by atoms with van der Waals surface area (Å²) in [5.74, 6) is 0.233. The molecule has 0 unspecified atom stereocenters. The van der Waals surface area contributed by atoms with E-state index in [2.05, 4.69) is 31.2 Å². The average Bonchev–Trinajstić information content (AvgIpc) is 2.55. The first-order valence-electron chi connectivity index (χ1n) is 10.6. The smallest absolute Gasteiger partial charge is 0.219 e. The van der Waals surface area contributed by atoms with Gasteiger partial charge in [-0.3, -0.25) is 4.79 Å². The number of hydrogen-bond donors (Lipinski definition) is 1. The summed E-state index contributed by atoms with van der Waals surface area (Å²) in [6.45, 7) is 4.13. The van der Waals surface area contributed by atoms with Crippen LogP contribution in [-0.4, -0.2) is 38.0 Å². The third-order valence-corrected chi connectivity index (χ3v) is 4.61. The minimum atomic E-state index is 0. The lowest BCUT2D eigenvalue weighted by Gasteiger charge is -2.09. The van der Waals surface area contributed by atoms with Crippen molar-refractivity contribution in [2.75, 3.05) is 27.2 Å². The van der Waals surface area contributed by atoms with Crippen LogP contribution in [0.15, 0.2) is 0 Å². The molecule has 0 aliphatic heterocycles. The molecule has 0 rings (SSSR count). The van der Waals surface area contributed by atoms with Crippen molar-refractivity contribution in [2.24, 2.45) is 0 Å². The summed E-state index contributed by atoms with van der Waals surface area (Å²) in [4.78, 5) is 13.8. The fraction of sp³-hybridized carbons (Fsp3) is 0.952. The summed E-state index contributed by atoms with van der Waals surface area (Å²) in [5, 5.41) is 3.02. The number of rotatable bonds is 18. The quantitative estimate of drug-likeness (QED) is 0.299. The molecular formula is C21H45ClN2O.